The van der Waals surface area contributed by atoms with Crippen molar-refractivity contribution >= 4 is 40.3 Å². The third-order valence-corrected chi connectivity index (χ3v) is 3.91. The molecule has 2 aromatic rings. The number of carbonyl (C=O) groups is 1. The minimum atomic E-state index is -0.300. The van der Waals surface area contributed by atoms with Crippen molar-refractivity contribution in [3.05, 3.63) is 52.5 Å². The molecule has 25 heavy (non-hydrogen) atoms. The highest BCUT2D eigenvalue weighted by Crippen LogP contribution is 2.22. The molecule has 1 aromatic carbocycles. The van der Waals surface area contributed by atoms with Crippen LogP contribution in [0.25, 0.3) is 0 Å². The number of esters is 1. The lowest BCUT2D eigenvalue weighted by Crippen LogP contribution is -2.07. The van der Waals surface area contributed by atoms with Gasteiger partial charge in [0.15, 0.2) is 0 Å². The molecule has 0 fully saturated rings. The van der Waals surface area contributed by atoms with Crippen LogP contribution >= 0.6 is 22.9 Å². The van der Waals surface area contributed by atoms with Gasteiger partial charge in [0.25, 0.3) is 0 Å². The zero-order valence-electron chi connectivity index (χ0n) is 13.7. The number of hydrazone groups is 1. The molecule has 0 atom stereocenters. The van der Waals surface area contributed by atoms with Crippen LogP contribution in [0.1, 0.15) is 18.2 Å². The van der Waals surface area contributed by atoms with Crippen molar-refractivity contribution < 1.29 is 14.3 Å². The molecular formula is C17H18ClN3O3S. The van der Waals surface area contributed by atoms with Crippen molar-refractivity contribution in [1.82, 2.24) is 4.98 Å². The molecular weight excluding hydrogens is 362 g/mol. The van der Waals surface area contributed by atoms with Crippen LogP contribution in [-0.2, 0) is 16.0 Å². The molecule has 6 nitrogen and oxygen atoms in total. The highest BCUT2D eigenvalue weighted by atomic mass is 35.5. The van der Waals surface area contributed by atoms with Gasteiger partial charge in [0, 0.05) is 16.0 Å². The Morgan fingerprint density at radius 3 is 3.12 bits per heavy atom. The summed E-state index contributed by atoms with van der Waals surface area (Å²) in [7, 11) is 0. The summed E-state index contributed by atoms with van der Waals surface area (Å²) in [6, 6.07) is 5.26. The molecule has 132 valence electrons. The standard InChI is InChI=1S/C17H18ClN3O3S/c1-3-7-24-15-6-5-13(18)8-12(15)10-19-21-17-20-14(11-25-17)9-16(22)23-4-2/h3,5-6,8,10-11H,1,4,7,9H2,2H3,(H,20,21). The van der Waals surface area contributed by atoms with Crippen LogP contribution in [0.15, 0.2) is 41.3 Å². The van der Waals surface area contributed by atoms with Crippen molar-refractivity contribution in [2.45, 2.75) is 13.3 Å². The average molecular weight is 380 g/mol. The summed E-state index contributed by atoms with van der Waals surface area (Å²) in [6.45, 7) is 6.13. The lowest BCUT2D eigenvalue weighted by atomic mass is 10.2. The fourth-order valence-corrected chi connectivity index (χ4v) is 2.70. The third kappa shape index (κ3) is 6.21. The number of anilines is 1. The van der Waals surface area contributed by atoms with Crippen molar-refractivity contribution in [1.29, 1.82) is 0 Å². The Hall–Kier alpha value is -2.38. The van der Waals surface area contributed by atoms with Gasteiger partial charge in [-0.2, -0.15) is 5.10 Å². The van der Waals surface area contributed by atoms with E-state index in [4.69, 9.17) is 21.1 Å². The number of hydrogen-bond acceptors (Lipinski definition) is 7. The fourth-order valence-electron chi connectivity index (χ4n) is 1.86. The van der Waals surface area contributed by atoms with E-state index in [1.807, 2.05) is 0 Å². The molecule has 8 heteroatoms. The minimum Gasteiger partial charge on any atom is -0.489 e. The Bertz CT molecular complexity index is 761. The van der Waals surface area contributed by atoms with Crippen molar-refractivity contribution in [3.8, 4) is 5.75 Å². The lowest BCUT2D eigenvalue weighted by Gasteiger charge is -2.07. The monoisotopic (exact) mass is 379 g/mol. The van der Waals surface area contributed by atoms with Gasteiger partial charge in [0.1, 0.15) is 12.4 Å². The maximum Gasteiger partial charge on any atom is 0.311 e. The molecule has 0 spiro atoms. The molecule has 0 saturated heterocycles. The summed E-state index contributed by atoms with van der Waals surface area (Å²) >= 11 is 7.36. The van der Waals surface area contributed by atoms with Gasteiger partial charge in [-0.1, -0.05) is 24.3 Å². The first-order chi connectivity index (χ1) is 12.1. The minimum absolute atomic E-state index is 0.142. The second-order valence-electron chi connectivity index (χ2n) is 4.78. The maximum atomic E-state index is 11.4. The van der Waals surface area contributed by atoms with Crippen LogP contribution in [0.3, 0.4) is 0 Å². The smallest absolute Gasteiger partial charge is 0.311 e. The van der Waals surface area contributed by atoms with Crippen LogP contribution in [0.2, 0.25) is 5.02 Å². The Kier molecular flexibility index (Phi) is 7.43. The molecule has 0 bridgehead atoms. The second-order valence-corrected chi connectivity index (χ2v) is 6.07. The van der Waals surface area contributed by atoms with E-state index < -0.39 is 0 Å². The summed E-state index contributed by atoms with van der Waals surface area (Å²) in [5.41, 5.74) is 4.19. The van der Waals surface area contributed by atoms with E-state index in [1.54, 1.807) is 42.8 Å². The van der Waals surface area contributed by atoms with Crippen LogP contribution in [-0.4, -0.2) is 30.4 Å². The number of thiazole rings is 1. The number of ether oxygens (including phenoxy) is 2. The molecule has 1 heterocycles. The van der Waals surface area contributed by atoms with E-state index in [0.29, 0.717) is 34.8 Å². The number of rotatable bonds is 9. The van der Waals surface area contributed by atoms with Crippen LogP contribution < -0.4 is 10.2 Å². The number of halogens is 1. The van der Waals surface area contributed by atoms with Crippen LogP contribution in [0, 0.1) is 0 Å². The topological polar surface area (TPSA) is 72.8 Å². The van der Waals surface area contributed by atoms with E-state index in [1.165, 1.54) is 11.3 Å². The van der Waals surface area contributed by atoms with Gasteiger partial charge in [-0.25, -0.2) is 4.98 Å². The van der Waals surface area contributed by atoms with Crippen LogP contribution in [0.5, 0.6) is 5.75 Å². The lowest BCUT2D eigenvalue weighted by molar-refractivity contribution is -0.142. The molecule has 0 aliphatic rings. The fraction of sp³-hybridized carbons (Fsp3) is 0.235. The normalized spacial score (nSPS) is 10.6. The summed E-state index contributed by atoms with van der Waals surface area (Å²) < 4.78 is 10.4. The number of nitrogens with one attached hydrogen (secondary N) is 1. The van der Waals surface area contributed by atoms with Gasteiger partial charge in [-0.3, -0.25) is 10.2 Å². The number of hydrogen-bond donors (Lipinski definition) is 1. The third-order valence-electron chi connectivity index (χ3n) is 2.87. The van der Waals surface area contributed by atoms with Gasteiger partial charge in [0.2, 0.25) is 5.13 Å². The molecule has 2 rings (SSSR count). The predicted molar refractivity (Wildman–Crippen MR) is 101 cm³/mol. The average Bonchev–Trinajstić information content (AvgIpc) is 3.01. The van der Waals surface area contributed by atoms with Crippen molar-refractivity contribution in [2.24, 2.45) is 5.10 Å². The van der Waals surface area contributed by atoms with Crippen molar-refractivity contribution in [3.63, 3.8) is 0 Å². The molecule has 1 N–H and O–H groups in total. The summed E-state index contributed by atoms with van der Waals surface area (Å²) in [5.74, 6) is 0.350. The number of aromatic nitrogens is 1. The summed E-state index contributed by atoms with van der Waals surface area (Å²) in [4.78, 5) is 15.7. The van der Waals surface area contributed by atoms with E-state index in [0.717, 1.165) is 5.56 Å². The first-order valence-electron chi connectivity index (χ1n) is 7.54. The highest BCUT2D eigenvalue weighted by Gasteiger charge is 2.08. The Morgan fingerprint density at radius 1 is 1.52 bits per heavy atom. The maximum absolute atomic E-state index is 11.4. The van der Waals surface area contributed by atoms with E-state index >= 15 is 0 Å². The number of carbonyl (C=O) groups excluding carboxylic acids is 1. The summed E-state index contributed by atoms with van der Waals surface area (Å²) in [6.07, 6.45) is 3.40. The molecule has 0 amide bonds. The molecule has 0 aliphatic heterocycles. The van der Waals surface area contributed by atoms with Gasteiger partial charge in [-0.15, -0.1) is 11.3 Å². The zero-order chi connectivity index (χ0) is 18.1. The predicted octanol–water partition coefficient (Wildman–Crippen LogP) is 3.91. The van der Waals surface area contributed by atoms with E-state index in [2.05, 4.69) is 22.1 Å². The molecule has 0 saturated carbocycles. The number of nitrogens with zero attached hydrogens (tertiary/aromatic N) is 2. The van der Waals surface area contributed by atoms with Crippen LogP contribution in [0.4, 0.5) is 5.13 Å². The van der Waals surface area contributed by atoms with Crippen molar-refractivity contribution in [2.75, 3.05) is 18.6 Å². The Balaban J connectivity index is 1.99. The number of benzene rings is 1. The van der Waals surface area contributed by atoms with E-state index in [-0.39, 0.29) is 12.4 Å². The molecule has 0 radical (unpaired) electrons. The highest BCUT2D eigenvalue weighted by molar-refractivity contribution is 7.13. The van der Waals surface area contributed by atoms with E-state index in [9.17, 15) is 4.79 Å². The molecule has 0 unspecified atom stereocenters. The SMILES string of the molecule is C=CCOc1ccc(Cl)cc1C=NNc1nc(CC(=O)OCC)cs1. The first-order valence-corrected chi connectivity index (χ1v) is 8.80. The first kappa shape index (κ1) is 19.0. The van der Waals surface area contributed by atoms with Gasteiger partial charge in [-0.05, 0) is 25.1 Å². The summed E-state index contributed by atoms with van der Waals surface area (Å²) in [5, 5.41) is 7.08. The Morgan fingerprint density at radius 2 is 2.36 bits per heavy atom. The largest absolute Gasteiger partial charge is 0.489 e. The zero-order valence-corrected chi connectivity index (χ0v) is 15.3. The van der Waals surface area contributed by atoms with Gasteiger partial charge in [0.05, 0.1) is 24.9 Å². The Labute approximate surface area is 155 Å². The molecule has 0 aliphatic carbocycles. The second kappa shape index (κ2) is 9.80. The molecule has 1 aromatic heterocycles. The quantitative estimate of drug-likeness (QED) is 0.309. The van der Waals surface area contributed by atoms with Gasteiger partial charge >= 0.3 is 5.97 Å². The van der Waals surface area contributed by atoms with Gasteiger partial charge < -0.3 is 9.47 Å².